The molecule has 2 rings (SSSR count). The average molecular weight is 441 g/mol. The molecular formula is C15H10BrClNO2Y-. The first-order chi connectivity index (χ1) is 9.54. The number of terminal acetylenes is 1. The molecule has 1 heterocycles. The molecular weight excluding hydrogens is 430 g/mol. The van der Waals surface area contributed by atoms with E-state index in [1.165, 1.54) is 4.57 Å². The molecule has 0 aliphatic rings. The van der Waals surface area contributed by atoms with Crippen molar-refractivity contribution in [2.75, 3.05) is 6.61 Å². The summed E-state index contributed by atoms with van der Waals surface area (Å²) < 4.78 is 7.23. The molecule has 0 fully saturated rings. The summed E-state index contributed by atoms with van der Waals surface area (Å²) in [7, 11) is 1.66. The Bertz CT molecular complexity index is 752. The van der Waals surface area contributed by atoms with Crippen molar-refractivity contribution >= 4 is 27.5 Å². The molecule has 2 aromatic rings. The molecule has 1 aromatic heterocycles. The fraction of sp³-hybridized carbons (Fsp3) is 0.133. The smallest absolute Gasteiger partial charge is 0.208 e. The van der Waals surface area contributed by atoms with Crippen molar-refractivity contribution < 1.29 is 37.4 Å². The van der Waals surface area contributed by atoms with Crippen LogP contribution in [0.2, 0.25) is 5.02 Å². The maximum Gasteiger partial charge on any atom is 0.208 e. The van der Waals surface area contributed by atoms with Crippen molar-refractivity contribution in [1.29, 1.82) is 0 Å². The number of aromatic nitrogens is 1. The molecule has 0 saturated carbocycles. The molecule has 21 heavy (non-hydrogen) atoms. The van der Waals surface area contributed by atoms with Crippen LogP contribution in [0.5, 0.6) is 5.75 Å². The fourth-order valence-electron chi connectivity index (χ4n) is 1.71. The number of rotatable bonds is 3. The molecule has 0 saturated heterocycles. The van der Waals surface area contributed by atoms with Gasteiger partial charge in [0.1, 0.15) is 12.4 Å². The number of nitrogens with zero attached hydrogens (tertiary/aromatic N) is 1. The summed E-state index contributed by atoms with van der Waals surface area (Å²) in [6, 6.07) is 9.79. The maximum absolute atomic E-state index is 11.9. The molecule has 6 heteroatoms. The first kappa shape index (κ1) is 18.5. The monoisotopic (exact) mass is 439 g/mol. The van der Waals surface area contributed by atoms with Crippen LogP contribution in [-0.2, 0) is 39.8 Å². The van der Waals surface area contributed by atoms with Gasteiger partial charge in [-0.25, -0.2) is 0 Å². The topological polar surface area (TPSA) is 31.2 Å². The number of hydrogen-bond donors (Lipinski definition) is 0. The van der Waals surface area contributed by atoms with Gasteiger partial charge in [-0.05, 0) is 21.6 Å². The second-order valence-electron chi connectivity index (χ2n) is 3.98. The zero-order valence-corrected chi connectivity index (χ0v) is 16.4. The molecule has 3 nitrogen and oxygen atoms in total. The molecule has 0 atom stereocenters. The van der Waals surface area contributed by atoms with Gasteiger partial charge in [-0.15, -0.1) is 28.4 Å². The Morgan fingerprint density at radius 1 is 1.52 bits per heavy atom. The van der Waals surface area contributed by atoms with Crippen LogP contribution in [0.3, 0.4) is 0 Å². The van der Waals surface area contributed by atoms with E-state index in [1.54, 1.807) is 31.3 Å². The maximum atomic E-state index is 11.9. The van der Waals surface area contributed by atoms with Crippen LogP contribution in [0.1, 0.15) is 0 Å². The summed E-state index contributed by atoms with van der Waals surface area (Å²) >= 11 is 9.40. The van der Waals surface area contributed by atoms with E-state index in [0.717, 1.165) is 0 Å². The standard InChI is InChI=1S/C15H10BrClNO2.Y/c1-3-8-20-10-4-5-11(13(17)9-10)14-7-6-12(16)15(19)18(14)2;/h1,4-6,9H,8H2,2H3;/q-1;. The summed E-state index contributed by atoms with van der Waals surface area (Å²) in [6.07, 6.45) is 5.13. The Hall–Kier alpha value is -0.596. The van der Waals surface area contributed by atoms with Gasteiger partial charge in [0.25, 0.3) is 0 Å². The Balaban J connectivity index is 0.00000220. The van der Waals surface area contributed by atoms with Crippen LogP contribution in [0.4, 0.5) is 0 Å². The van der Waals surface area contributed by atoms with Crippen LogP contribution >= 0.6 is 27.5 Å². The second kappa shape index (κ2) is 8.15. The Morgan fingerprint density at radius 3 is 2.86 bits per heavy atom. The van der Waals surface area contributed by atoms with E-state index in [2.05, 4.69) is 27.9 Å². The van der Waals surface area contributed by atoms with Crippen molar-refractivity contribution in [3.05, 3.63) is 50.2 Å². The number of halogens is 2. The van der Waals surface area contributed by atoms with Gasteiger partial charge in [0.15, 0.2) is 0 Å². The first-order valence-electron chi connectivity index (χ1n) is 5.68. The summed E-state index contributed by atoms with van der Waals surface area (Å²) in [4.78, 5) is 11.9. The van der Waals surface area contributed by atoms with Crippen LogP contribution in [0.25, 0.3) is 11.3 Å². The molecule has 0 spiro atoms. The summed E-state index contributed by atoms with van der Waals surface area (Å²) in [5.74, 6) is 2.96. The van der Waals surface area contributed by atoms with E-state index in [4.69, 9.17) is 22.8 Å². The number of benzene rings is 1. The van der Waals surface area contributed by atoms with E-state index in [1.807, 2.05) is 0 Å². The van der Waals surface area contributed by atoms with Crippen LogP contribution < -0.4 is 10.3 Å². The fourth-order valence-corrected chi connectivity index (χ4v) is 2.35. The first-order valence-corrected chi connectivity index (χ1v) is 6.85. The third kappa shape index (κ3) is 4.20. The average Bonchev–Trinajstić information content (AvgIpc) is 2.44. The second-order valence-corrected chi connectivity index (χ2v) is 5.25. The van der Waals surface area contributed by atoms with Gasteiger partial charge in [-0.1, -0.05) is 28.8 Å². The summed E-state index contributed by atoms with van der Waals surface area (Å²) in [5.41, 5.74) is 1.15. The SMILES string of the molecule is C#CCOc1ccc(-c2[c-]cc(Br)c(=O)n2C)c(Cl)c1.[Y]. The molecule has 0 N–H and O–H groups in total. The Morgan fingerprint density at radius 2 is 2.24 bits per heavy atom. The van der Waals surface area contributed by atoms with Gasteiger partial charge in [0.05, 0.1) is 0 Å². The van der Waals surface area contributed by atoms with Gasteiger partial charge in [0.2, 0.25) is 5.56 Å². The molecule has 0 bridgehead atoms. The summed E-state index contributed by atoms with van der Waals surface area (Å²) in [5, 5.41) is 0.466. The van der Waals surface area contributed by atoms with Crippen LogP contribution in [0.15, 0.2) is 33.5 Å². The van der Waals surface area contributed by atoms with Gasteiger partial charge in [-0.2, -0.15) is 12.1 Å². The minimum Gasteiger partial charge on any atom is -0.481 e. The molecule has 0 unspecified atom stereocenters. The molecule has 105 valence electrons. The third-order valence-electron chi connectivity index (χ3n) is 2.70. The zero-order chi connectivity index (χ0) is 14.7. The minimum atomic E-state index is -0.150. The van der Waals surface area contributed by atoms with Crippen LogP contribution in [-0.4, -0.2) is 11.2 Å². The molecule has 1 aromatic carbocycles. The number of pyridine rings is 1. The summed E-state index contributed by atoms with van der Waals surface area (Å²) in [6.45, 7) is 0.179. The third-order valence-corrected chi connectivity index (χ3v) is 3.58. The van der Waals surface area contributed by atoms with Crippen molar-refractivity contribution in [2.45, 2.75) is 0 Å². The van der Waals surface area contributed by atoms with E-state index in [-0.39, 0.29) is 44.9 Å². The van der Waals surface area contributed by atoms with Crippen molar-refractivity contribution in [1.82, 2.24) is 4.57 Å². The number of ether oxygens (including phenoxy) is 1. The van der Waals surface area contributed by atoms with E-state index in [0.29, 0.717) is 26.5 Å². The van der Waals surface area contributed by atoms with E-state index in [9.17, 15) is 4.79 Å². The predicted molar refractivity (Wildman–Crippen MR) is 83.0 cm³/mol. The normalized spacial score (nSPS) is 9.62. The minimum absolute atomic E-state index is 0. The quantitative estimate of drug-likeness (QED) is 0.542. The Labute approximate surface area is 161 Å². The molecule has 0 amide bonds. The van der Waals surface area contributed by atoms with Gasteiger partial charge in [-0.3, -0.25) is 4.79 Å². The van der Waals surface area contributed by atoms with Crippen molar-refractivity contribution in [3.8, 4) is 29.4 Å². The van der Waals surface area contributed by atoms with Crippen molar-refractivity contribution in [2.24, 2.45) is 7.05 Å². The van der Waals surface area contributed by atoms with E-state index >= 15 is 0 Å². The van der Waals surface area contributed by atoms with Gasteiger partial charge in [0, 0.05) is 39.8 Å². The molecule has 0 aliphatic heterocycles. The van der Waals surface area contributed by atoms with Crippen LogP contribution in [0, 0.1) is 18.4 Å². The van der Waals surface area contributed by atoms with Gasteiger partial charge < -0.3 is 9.30 Å². The largest absolute Gasteiger partial charge is 0.481 e. The predicted octanol–water partition coefficient (Wildman–Crippen LogP) is 3.28. The molecule has 1 radical (unpaired) electrons. The molecule has 0 aliphatic carbocycles. The van der Waals surface area contributed by atoms with Gasteiger partial charge >= 0.3 is 0 Å². The van der Waals surface area contributed by atoms with Crippen molar-refractivity contribution in [3.63, 3.8) is 0 Å². The Kier molecular flexibility index (Phi) is 7.16. The van der Waals surface area contributed by atoms with E-state index < -0.39 is 0 Å². The zero-order valence-electron chi connectivity index (χ0n) is 11.2. The number of hydrogen-bond acceptors (Lipinski definition) is 2.